The maximum atomic E-state index is 12.0. The maximum absolute atomic E-state index is 12.0. The molecule has 0 amide bonds. The van der Waals surface area contributed by atoms with Gasteiger partial charge < -0.3 is 10.5 Å². The number of esters is 1. The first kappa shape index (κ1) is 15.7. The van der Waals surface area contributed by atoms with Crippen LogP contribution < -0.4 is 5.73 Å². The molecule has 2 N–H and O–H groups in total. The number of ether oxygens (including phenoxy) is 1. The Morgan fingerprint density at radius 2 is 1.89 bits per heavy atom. The zero-order valence-corrected chi connectivity index (χ0v) is 12.0. The summed E-state index contributed by atoms with van der Waals surface area (Å²) in [6, 6.07) is 9.78. The third-order valence-electron chi connectivity index (χ3n) is 3.11. The van der Waals surface area contributed by atoms with E-state index in [1.165, 1.54) is 12.8 Å². The quantitative estimate of drug-likeness (QED) is 0.579. The fraction of sp³-hybridized carbons (Fsp3) is 0.562. The second-order valence-corrected chi connectivity index (χ2v) is 5.28. The second-order valence-electron chi connectivity index (χ2n) is 5.28. The molecule has 0 aliphatic rings. The molecule has 0 aromatic heterocycles. The molecule has 1 unspecified atom stereocenters. The van der Waals surface area contributed by atoms with Gasteiger partial charge in [0.25, 0.3) is 0 Å². The lowest BCUT2D eigenvalue weighted by molar-refractivity contribution is -0.149. The number of unbranched alkanes of at least 4 members (excludes halogenated alkanes) is 3. The first-order chi connectivity index (χ1) is 9.06. The minimum absolute atomic E-state index is 0.312. The van der Waals surface area contributed by atoms with Crippen molar-refractivity contribution in [3.8, 4) is 0 Å². The van der Waals surface area contributed by atoms with E-state index in [0.717, 1.165) is 18.4 Å². The number of benzene rings is 1. The minimum atomic E-state index is -0.952. The van der Waals surface area contributed by atoms with Crippen LogP contribution in [0.5, 0.6) is 0 Å². The summed E-state index contributed by atoms with van der Waals surface area (Å²) in [5, 5.41) is 0. The normalized spacial score (nSPS) is 13.8. The molecule has 0 aliphatic heterocycles. The van der Waals surface area contributed by atoms with Crippen LogP contribution in [0.15, 0.2) is 30.3 Å². The van der Waals surface area contributed by atoms with E-state index in [9.17, 15) is 4.79 Å². The van der Waals surface area contributed by atoms with Crippen molar-refractivity contribution in [3.63, 3.8) is 0 Å². The highest BCUT2D eigenvalue weighted by atomic mass is 16.5. The lowest BCUT2D eigenvalue weighted by atomic mass is 9.94. The van der Waals surface area contributed by atoms with Gasteiger partial charge in [0.15, 0.2) is 0 Å². The number of hydrogen-bond acceptors (Lipinski definition) is 3. The Morgan fingerprint density at radius 1 is 1.21 bits per heavy atom. The molecule has 0 bridgehead atoms. The van der Waals surface area contributed by atoms with Crippen LogP contribution in [0.2, 0.25) is 0 Å². The molecule has 3 nitrogen and oxygen atoms in total. The summed E-state index contributed by atoms with van der Waals surface area (Å²) in [6.07, 6.45) is 4.88. The molecular weight excluding hydrogens is 238 g/mol. The summed E-state index contributed by atoms with van der Waals surface area (Å²) in [5.74, 6) is -0.312. The molecule has 0 saturated carbocycles. The highest BCUT2D eigenvalue weighted by Gasteiger charge is 2.30. The van der Waals surface area contributed by atoms with E-state index in [0.29, 0.717) is 13.0 Å². The first-order valence-electron chi connectivity index (χ1n) is 7.06. The van der Waals surface area contributed by atoms with Crippen LogP contribution in [0.25, 0.3) is 0 Å². The molecule has 0 radical (unpaired) electrons. The van der Waals surface area contributed by atoms with Crippen molar-refractivity contribution in [2.45, 2.75) is 51.5 Å². The van der Waals surface area contributed by atoms with E-state index in [2.05, 4.69) is 6.92 Å². The predicted octanol–water partition coefficient (Wildman–Crippen LogP) is 3.07. The zero-order valence-electron chi connectivity index (χ0n) is 12.0. The SMILES string of the molecule is CCCCCCOC(=O)C(C)(N)Cc1ccccc1. The Bertz CT molecular complexity index is 374. The van der Waals surface area contributed by atoms with Gasteiger partial charge in [-0.05, 0) is 18.9 Å². The number of nitrogens with two attached hydrogens (primary N) is 1. The number of hydrogen-bond donors (Lipinski definition) is 1. The largest absolute Gasteiger partial charge is 0.464 e. The Balaban J connectivity index is 2.37. The molecule has 0 aliphatic carbocycles. The van der Waals surface area contributed by atoms with Gasteiger partial charge in [0.05, 0.1) is 6.61 Å². The second kappa shape index (κ2) is 7.95. The van der Waals surface area contributed by atoms with Crippen LogP contribution in [0, 0.1) is 0 Å². The van der Waals surface area contributed by atoms with Crippen molar-refractivity contribution >= 4 is 5.97 Å². The molecule has 0 heterocycles. The molecule has 0 spiro atoms. The lowest BCUT2D eigenvalue weighted by Gasteiger charge is -2.22. The highest BCUT2D eigenvalue weighted by molar-refractivity contribution is 5.80. The lowest BCUT2D eigenvalue weighted by Crippen LogP contribution is -2.48. The third-order valence-corrected chi connectivity index (χ3v) is 3.11. The summed E-state index contributed by atoms with van der Waals surface area (Å²) < 4.78 is 5.26. The van der Waals surface area contributed by atoms with E-state index < -0.39 is 5.54 Å². The van der Waals surface area contributed by atoms with E-state index in [-0.39, 0.29) is 5.97 Å². The average Bonchev–Trinajstić information content (AvgIpc) is 2.39. The van der Waals surface area contributed by atoms with Gasteiger partial charge in [-0.1, -0.05) is 56.5 Å². The van der Waals surface area contributed by atoms with E-state index in [1.807, 2.05) is 30.3 Å². The number of carbonyl (C=O) groups is 1. The van der Waals surface area contributed by atoms with Gasteiger partial charge in [-0.2, -0.15) is 0 Å². The maximum Gasteiger partial charge on any atom is 0.326 e. The van der Waals surface area contributed by atoms with Crippen LogP contribution in [0.4, 0.5) is 0 Å². The van der Waals surface area contributed by atoms with Gasteiger partial charge in [0.2, 0.25) is 0 Å². The minimum Gasteiger partial charge on any atom is -0.464 e. The molecule has 19 heavy (non-hydrogen) atoms. The summed E-state index contributed by atoms with van der Waals surface area (Å²) in [4.78, 5) is 12.0. The van der Waals surface area contributed by atoms with Crippen LogP contribution in [0.3, 0.4) is 0 Å². The van der Waals surface area contributed by atoms with E-state index >= 15 is 0 Å². The van der Waals surface area contributed by atoms with Gasteiger partial charge in [-0.25, -0.2) is 0 Å². The van der Waals surface area contributed by atoms with Gasteiger partial charge in [0, 0.05) is 6.42 Å². The Hall–Kier alpha value is -1.35. The Kier molecular flexibility index (Phi) is 6.57. The fourth-order valence-electron chi connectivity index (χ4n) is 1.95. The topological polar surface area (TPSA) is 52.3 Å². The van der Waals surface area contributed by atoms with Crippen molar-refractivity contribution in [2.24, 2.45) is 5.73 Å². The summed E-state index contributed by atoms with van der Waals surface area (Å²) in [6.45, 7) is 4.36. The van der Waals surface area contributed by atoms with Crippen LogP contribution >= 0.6 is 0 Å². The molecule has 0 saturated heterocycles. The van der Waals surface area contributed by atoms with Crippen molar-refractivity contribution in [3.05, 3.63) is 35.9 Å². The molecule has 1 aromatic carbocycles. The van der Waals surface area contributed by atoms with Crippen LogP contribution in [-0.2, 0) is 16.0 Å². The average molecular weight is 263 g/mol. The monoisotopic (exact) mass is 263 g/mol. The zero-order chi connectivity index (χ0) is 14.1. The highest BCUT2D eigenvalue weighted by Crippen LogP contribution is 2.12. The standard InChI is InChI=1S/C16H25NO2/c1-3-4-5-9-12-19-15(18)16(2,17)13-14-10-7-6-8-11-14/h6-8,10-11H,3-5,9,12-13,17H2,1-2H3. The van der Waals surface area contributed by atoms with Gasteiger partial charge in [-0.3, -0.25) is 4.79 Å². The molecular formula is C16H25NO2. The summed E-state index contributed by atoms with van der Waals surface area (Å²) in [7, 11) is 0. The van der Waals surface area contributed by atoms with Crippen LogP contribution in [-0.4, -0.2) is 18.1 Å². The van der Waals surface area contributed by atoms with Crippen molar-refractivity contribution in [1.82, 2.24) is 0 Å². The van der Waals surface area contributed by atoms with Gasteiger partial charge in [-0.15, -0.1) is 0 Å². The summed E-state index contributed by atoms with van der Waals surface area (Å²) >= 11 is 0. The molecule has 1 rings (SSSR count). The Morgan fingerprint density at radius 3 is 2.53 bits per heavy atom. The van der Waals surface area contributed by atoms with E-state index in [4.69, 9.17) is 10.5 Å². The summed E-state index contributed by atoms with van der Waals surface area (Å²) in [5.41, 5.74) is 6.16. The van der Waals surface area contributed by atoms with Crippen molar-refractivity contribution in [2.75, 3.05) is 6.61 Å². The Labute approximate surface area is 116 Å². The number of carbonyl (C=O) groups excluding carboxylic acids is 1. The van der Waals surface area contributed by atoms with Crippen LogP contribution in [0.1, 0.15) is 45.1 Å². The smallest absolute Gasteiger partial charge is 0.326 e. The fourth-order valence-corrected chi connectivity index (χ4v) is 1.95. The van der Waals surface area contributed by atoms with Crippen molar-refractivity contribution < 1.29 is 9.53 Å². The molecule has 1 atom stereocenters. The van der Waals surface area contributed by atoms with E-state index in [1.54, 1.807) is 6.92 Å². The van der Waals surface area contributed by atoms with Gasteiger partial charge in [0.1, 0.15) is 5.54 Å². The third kappa shape index (κ3) is 5.88. The molecule has 106 valence electrons. The predicted molar refractivity (Wildman–Crippen MR) is 77.8 cm³/mol. The van der Waals surface area contributed by atoms with Crippen molar-refractivity contribution in [1.29, 1.82) is 0 Å². The van der Waals surface area contributed by atoms with Gasteiger partial charge >= 0.3 is 5.97 Å². The molecule has 3 heteroatoms. The first-order valence-corrected chi connectivity index (χ1v) is 7.06. The molecule has 1 aromatic rings. The molecule has 0 fully saturated rings. The number of rotatable bonds is 8.